The number of hydrogen-bond acceptors (Lipinski definition) is 3. The molecule has 1 fully saturated rings. The second-order valence-corrected chi connectivity index (χ2v) is 5.15. The van der Waals surface area contributed by atoms with Crippen molar-refractivity contribution in [3.8, 4) is 0 Å². The van der Waals surface area contributed by atoms with E-state index in [0.29, 0.717) is 15.7 Å². The van der Waals surface area contributed by atoms with Crippen molar-refractivity contribution in [2.45, 2.75) is 18.9 Å². The van der Waals surface area contributed by atoms with Gasteiger partial charge in [-0.3, -0.25) is 9.59 Å². The summed E-state index contributed by atoms with van der Waals surface area (Å²) in [5.74, 6) is -1.30. The van der Waals surface area contributed by atoms with E-state index in [-0.39, 0.29) is 18.5 Å². The number of carboxylic acids is 1. The Bertz CT molecular complexity index is 500. The normalized spacial score (nSPS) is 14.3. The van der Waals surface area contributed by atoms with E-state index in [0.717, 1.165) is 12.8 Å². The molecule has 0 spiro atoms. The second-order valence-electron chi connectivity index (χ2n) is 4.30. The predicted octanol–water partition coefficient (Wildman–Crippen LogP) is 1.72. The highest BCUT2D eigenvalue weighted by Gasteiger charge is 2.34. The second kappa shape index (κ2) is 4.97. The number of nitrogens with zero attached hydrogens (tertiary/aromatic N) is 1. The average Bonchev–Trinajstić information content (AvgIpc) is 3.12. The minimum absolute atomic E-state index is 0.0435. The predicted molar refractivity (Wildman–Crippen MR) is 70.2 cm³/mol. The number of carbonyl (C=O) groups is 2. The number of nitrogens with two attached hydrogens (primary N) is 1. The van der Waals surface area contributed by atoms with Crippen LogP contribution in [0.25, 0.3) is 0 Å². The zero-order valence-electron chi connectivity index (χ0n) is 9.60. The van der Waals surface area contributed by atoms with Crippen LogP contribution in [0.1, 0.15) is 23.2 Å². The molecule has 0 unspecified atom stereocenters. The fourth-order valence-corrected chi connectivity index (χ4v) is 2.18. The van der Waals surface area contributed by atoms with E-state index in [2.05, 4.69) is 15.9 Å². The van der Waals surface area contributed by atoms with E-state index in [4.69, 9.17) is 10.8 Å². The van der Waals surface area contributed by atoms with Crippen molar-refractivity contribution in [2.24, 2.45) is 0 Å². The van der Waals surface area contributed by atoms with E-state index in [1.807, 2.05) is 0 Å². The largest absolute Gasteiger partial charge is 0.480 e. The topological polar surface area (TPSA) is 83.6 Å². The fourth-order valence-electron chi connectivity index (χ4n) is 1.76. The maximum Gasteiger partial charge on any atom is 0.323 e. The van der Waals surface area contributed by atoms with Crippen molar-refractivity contribution in [2.75, 3.05) is 12.3 Å². The lowest BCUT2D eigenvalue weighted by Gasteiger charge is -2.21. The molecule has 0 saturated heterocycles. The van der Waals surface area contributed by atoms with Crippen molar-refractivity contribution >= 4 is 33.5 Å². The summed E-state index contributed by atoms with van der Waals surface area (Å²) < 4.78 is 0.623. The summed E-state index contributed by atoms with van der Waals surface area (Å²) in [7, 11) is 0. The molecule has 0 atom stereocenters. The Kier molecular flexibility index (Phi) is 3.56. The van der Waals surface area contributed by atoms with Gasteiger partial charge >= 0.3 is 5.97 Å². The van der Waals surface area contributed by atoms with Crippen molar-refractivity contribution in [1.82, 2.24) is 4.90 Å². The highest BCUT2D eigenvalue weighted by atomic mass is 79.9. The van der Waals surface area contributed by atoms with Gasteiger partial charge < -0.3 is 15.7 Å². The highest BCUT2D eigenvalue weighted by molar-refractivity contribution is 9.10. The number of carbonyl (C=O) groups excluding carboxylic acids is 1. The van der Waals surface area contributed by atoms with Crippen molar-refractivity contribution in [3.05, 3.63) is 28.2 Å². The minimum Gasteiger partial charge on any atom is -0.480 e. The molecule has 5 nitrogen and oxygen atoms in total. The van der Waals surface area contributed by atoms with Crippen LogP contribution >= 0.6 is 15.9 Å². The quantitative estimate of drug-likeness (QED) is 0.829. The van der Waals surface area contributed by atoms with E-state index in [1.165, 1.54) is 4.90 Å². The summed E-state index contributed by atoms with van der Waals surface area (Å²) >= 11 is 3.28. The van der Waals surface area contributed by atoms with Crippen LogP contribution in [-0.2, 0) is 4.79 Å². The number of rotatable bonds is 4. The molecule has 1 amide bonds. The van der Waals surface area contributed by atoms with E-state index in [1.54, 1.807) is 18.2 Å². The lowest BCUT2D eigenvalue weighted by Crippen LogP contribution is -2.37. The zero-order valence-corrected chi connectivity index (χ0v) is 11.2. The Morgan fingerprint density at radius 2 is 2.11 bits per heavy atom. The van der Waals surface area contributed by atoms with Gasteiger partial charge in [0.25, 0.3) is 5.91 Å². The molecule has 1 saturated carbocycles. The average molecular weight is 313 g/mol. The third-order valence-corrected chi connectivity index (χ3v) is 3.47. The van der Waals surface area contributed by atoms with Gasteiger partial charge in [0.05, 0.1) is 5.56 Å². The highest BCUT2D eigenvalue weighted by Crippen LogP contribution is 2.30. The summed E-state index contributed by atoms with van der Waals surface area (Å²) in [4.78, 5) is 24.5. The first-order valence-corrected chi connectivity index (χ1v) is 6.36. The first-order valence-electron chi connectivity index (χ1n) is 5.57. The summed E-state index contributed by atoms with van der Waals surface area (Å²) in [6, 6.07) is 4.97. The molecule has 18 heavy (non-hydrogen) atoms. The van der Waals surface area contributed by atoms with Crippen molar-refractivity contribution in [1.29, 1.82) is 0 Å². The number of anilines is 1. The fraction of sp³-hybridized carbons (Fsp3) is 0.333. The van der Waals surface area contributed by atoms with Gasteiger partial charge in [-0.15, -0.1) is 0 Å². The van der Waals surface area contributed by atoms with Crippen molar-refractivity contribution < 1.29 is 14.7 Å². The van der Waals surface area contributed by atoms with Gasteiger partial charge in [-0.05, 0) is 47.0 Å². The molecule has 1 aliphatic carbocycles. The van der Waals surface area contributed by atoms with E-state index >= 15 is 0 Å². The number of benzene rings is 1. The summed E-state index contributed by atoms with van der Waals surface area (Å²) in [5.41, 5.74) is 6.54. The van der Waals surface area contributed by atoms with E-state index in [9.17, 15) is 9.59 Å². The van der Waals surface area contributed by atoms with Gasteiger partial charge in [-0.1, -0.05) is 0 Å². The molecule has 0 aliphatic heterocycles. The Hall–Kier alpha value is -1.56. The molecule has 1 aromatic carbocycles. The minimum atomic E-state index is -1.00. The Labute approximate surface area is 113 Å². The lowest BCUT2D eigenvalue weighted by atomic mass is 10.1. The summed E-state index contributed by atoms with van der Waals surface area (Å²) in [6.07, 6.45) is 1.72. The molecular weight excluding hydrogens is 300 g/mol. The van der Waals surface area contributed by atoms with E-state index < -0.39 is 5.97 Å². The number of aliphatic carboxylic acids is 1. The first-order chi connectivity index (χ1) is 8.49. The number of amides is 1. The van der Waals surface area contributed by atoms with Gasteiger partial charge in [0.15, 0.2) is 0 Å². The summed E-state index contributed by atoms with van der Waals surface area (Å²) in [5, 5.41) is 8.85. The van der Waals surface area contributed by atoms with Crippen LogP contribution in [0.5, 0.6) is 0 Å². The SMILES string of the molecule is Nc1ccc(Br)c(C(=O)N(CC(=O)O)C2CC2)c1. The standard InChI is InChI=1S/C12H13BrN2O3/c13-10-4-1-7(14)5-9(10)12(18)15(6-11(16)17)8-2-3-8/h1,4-5,8H,2-3,6,14H2,(H,16,17). The number of hydrogen-bond donors (Lipinski definition) is 2. The summed E-state index contributed by atoms with van der Waals surface area (Å²) in [6.45, 7) is -0.273. The molecule has 96 valence electrons. The molecule has 2 rings (SSSR count). The third-order valence-electron chi connectivity index (χ3n) is 2.77. The molecule has 3 N–H and O–H groups in total. The zero-order chi connectivity index (χ0) is 13.3. The molecule has 6 heteroatoms. The molecular formula is C12H13BrN2O3. The van der Waals surface area contributed by atoms with Crippen LogP contribution < -0.4 is 5.73 Å². The van der Waals surface area contributed by atoms with Crippen LogP contribution in [0.2, 0.25) is 0 Å². The monoisotopic (exact) mass is 312 g/mol. The number of nitrogen functional groups attached to an aromatic ring is 1. The first kappa shape index (κ1) is 12.9. The van der Waals surface area contributed by atoms with Gasteiger partial charge in [0, 0.05) is 16.2 Å². The Balaban J connectivity index is 2.27. The maximum atomic E-state index is 12.3. The number of carboxylic acid groups (broad SMARTS) is 1. The van der Waals surface area contributed by atoms with Crippen LogP contribution in [-0.4, -0.2) is 34.5 Å². The van der Waals surface area contributed by atoms with Crippen molar-refractivity contribution in [3.63, 3.8) is 0 Å². The smallest absolute Gasteiger partial charge is 0.323 e. The maximum absolute atomic E-state index is 12.3. The Morgan fingerprint density at radius 1 is 1.44 bits per heavy atom. The van der Waals surface area contributed by atoms with Gasteiger partial charge in [0.1, 0.15) is 6.54 Å². The van der Waals surface area contributed by atoms with Gasteiger partial charge in [-0.25, -0.2) is 0 Å². The van der Waals surface area contributed by atoms with Crippen LogP contribution in [0.15, 0.2) is 22.7 Å². The van der Waals surface area contributed by atoms with Gasteiger partial charge in [0.2, 0.25) is 0 Å². The Morgan fingerprint density at radius 3 is 2.67 bits per heavy atom. The molecule has 0 heterocycles. The third kappa shape index (κ3) is 2.81. The molecule has 0 aromatic heterocycles. The molecule has 1 aliphatic rings. The van der Waals surface area contributed by atoms with Crippen LogP contribution in [0.4, 0.5) is 5.69 Å². The molecule has 0 bridgehead atoms. The van der Waals surface area contributed by atoms with Gasteiger partial charge in [-0.2, -0.15) is 0 Å². The molecule has 1 aromatic rings. The molecule has 0 radical (unpaired) electrons. The lowest BCUT2D eigenvalue weighted by molar-refractivity contribution is -0.137. The number of halogens is 1. The van der Waals surface area contributed by atoms with Crippen LogP contribution in [0.3, 0.4) is 0 Å². The van der Waals surface area contributed by atoms with Crippen LogP contribution in [0, 0.1) is 0 Å².